The lowest BCUT2D eigenvalue weighted by molar-refractivity contribution is 1.07. The Morgan fingerprint density at radius 2 is 0.560 bits per heavy atom. The van der Waals surface area contributed by atoms with Crippen LogP contribution < -0.4 is 0 Å². The summed E-state index contributed by atoms with van der Waals surface area (Å²) in [4.78, 5) is 53.3. The van der Waals surface area contributed by atoms with Crippen LogP contribution in [-0.2, 0) is 0 Å². The average molecular weight is 1800 g/mol. The van der Waals surface area contributed by atoms with E-state index in [9.17, 15) is 5.26 Å². The van der Waals surface area contributed by atoms with Crippen LogP contribution in [-0.4, -0.2) is 59.4 Å². The molecule has 0 aliphatic rings. The lowest BCUT2D eigenvalue weighted by atomic mass is 9.91. The summed E-state index contributed by atoms with van der Waals surface area (Å²) >= 11 is 0. The molecule has 10 heterocycles. The third kappa shape index (κ3) is 14.8. The van der Waals surface area contributed by atoms with Gasteiger partial charge in [-0.25, -0.2) is 29.9 Å². The van der Waals surface area contributed by atoms with Gasteiger partial charge >= 0.3 is 0 Å². The van der Waals surface area contributed by atoms with E-state index in [2.05, 4.69) is 358 Å². The summed E-state index contributed by atoms with van der Waals surface area (Å²) in [6.45, 7) is 0. The highest BCUT2D eigenvalue weighted by Gasteiger charge is 2.24. The molecule has 654 valence electrons. The number of para-hydroxylation sites is 4. The van der Waals surface area contributed by atoms with Gasteiger partial charge in [-0.2, -0.15) is 5.26 Å². The molecule has 28 aromatic rings. The maximum atomic E-state index is 9.75. The molecular weight excluding hydrogens is 1720 g/mol. The van der Waals surface area contributed by atoms with Gasteiger partial charge in [-0.15, -0.1) is 0 Å². The van der Waals surface area contributed by atoms with Crippen molar-refractivity contribution < 1.29 is 0 Å². The zero-order valence-electron chi connectivity index (χ0n) is 75.8. The molecule has 0 amide bonds. The van der Waals surface area contributed by atoms with Crippen LogP contribution in [0.15, 0.2) is 468 Å². The second-order valence-corrected chi connectivity index (χ2v) is 35.4. The molecule has 0 fully saturated rings. The molecule has 141 heavy (non-hydrogen) atoms. The highest BCUT2D eigenvalue weighted by Crippen LogP contribution is 2.47. The van der Waals surface area contributed by atoms with Crippen LogP contribution in [0.25, 0.3) is 270 Å². The number of fused-ring (bicyclic) bond motifs is 24. The van der Waals surface area contributed by atoms with Gasteiger partial charge in [-0.05, 0) is 229 Å². The fourth-order valence-corrected chi connectivity index (χ4v) is 20.7. The van der Waals surface area contributed by atoms with Crippen LogP contribution in [0.5, 0.6) is 0 Å². The maximum absolute atomic E-state index is 9.75. The second kappa shape index (κ2) is 34.8. The Bertz CT molecular complexity index is 9490. The Hall–Kier alpha value is -19.4. The minimum atomic E-state index is 0.613. The Morgan fingerprint density at radius 1 is 0.191 bits per heavy atom. The van der Waals surface area contributed by atoms with Crippen molar-refractivity contribution in [1.29, 1.82) is 5.26 Å². The van der Waals surface area contributed by atoms with Crippen molar-refractivity contribution in [2.45, 2.75) is 0 Å². The van der Waals surface area contributed by atoms with Gasteiger partial charge in [0.2, 0.25) is 0 Å². The highest BCUT2D eigenvalue weighted by atomic mass is 15.0. The van der Waals surface area contributed by atoms with Crippen molar-refractivity contribution in [1.82, 2.24) is 59.4 Å². The standard InChI is InChI=1S/C45H26N4.C42H26N4.C41H25N5/c46-26-28-17-21-41-37(23-28)38-25-30(18-22-42(38)49(41)33-12-2-1-3-13-33)29-10-8-11-31(24-29)45-36-19-20-40-44(34-14-5-4-9-32(34)27-47-40)43(36)35-15-6-7-16-39(35)48-45;1-2-9-39-36(7-1)41-37(12-10-29-11-13-38-35(40(29)41)8-4-18-45-38)42(46-39)31-6-3-5-30(23-31)34-25-32(27-14-19-43-20-15-27)24-33(26-34)28-16-21-44-22-17-28;1-3-11-27(12-4-1)39-44-40(28-13-5-2-6-14-28)46-41(45-39)30-16-9-15-29(25-30)38-33-22-20-26-21-23-34-31(18-10-24-42-34)36(26)37(33)32-17-7-8-19-35(32)43-38/h1-25,27H;1-26H;1-25H. The average Bonchev–Trinajstić information content (AvgIpc) is 1.48. The van der Waals surface area contributed by atoms with E-state index in [1.807, 2.05) is 140 Å². The summed E-state index contributed by atoms with van der Waals surface area (Å²) < 4.78 is 2.28. The zero-order valence-corrected chi connectivity index (χ0v) is 75.8. The predicted molar refractivity (Wildman–Crippen MR) is 579 cm³/mol. The molecule has 0 bridgehead atoms. The van der Waals surface area contributed by atoms with Gasteiger partial charge in [0, 0.05) is 163 Å². The normalized spacial score (nSPS) is 11.5. The first kappa shape index (κ1) is 82.3. The fourth-order valence-electron chi connectivity index (χ4n) is 20.7. The molecule has 18 aromatic carbocycles. The van der Waals surface area contributed by atoms with Gasteiger partial charge in [-0.1, -0.05) is 267 Å². The first-order chi connectivity index (χ1) is 69.8. The Morgan fingerprint density at radius 3 is 1.08 bits per heavy atom. The minimum Gasteiger partial charge on any atom is -0.309 e. The van der Waals surface area contributed by atoms with Gasteiger partial charge in [-0.3, -0.25) is 24.9 Å². The summed E-state index contributed by atoms with van der Waals surface area (Å²) in [5.74, 6) is 1.88. The quantitative estimate of drug-likeness (QED) is 0.112. The summed E-state index contributed by atoms with van der Waals surface area (Å²) in [6.07, 6.45) is 13.0. The van der Waals surface area contributed by atoms with Gasteiger partial charge in [0.25, 0.3) is 0 Å². The minimum absolute atomic E-state index is 0.613. The van der Waals surface area contributed by atoms with E-state index in [0.29, 0.717) is 23.0 Å². The van der Waals surface area contributed by atoms with Crippen LogP contribution in [0, 0.1) is 11.3 Å². The number of rotatable bonds is 11. The molecule has 0 saturated heterocycles. The number of hydrogen-bond donors (Lipinski definition) is 0. The van der Waals surface area contributed by atoms with E-state index in [0.717, 1.165) is 209 Å². The van der Waals surface area contributed by atoms with Crippen molar-refractivity contribution in [3.8, 4) is 124 Å². The summed E-state index contributed by atoms with van der Waals surface area (Å²) in [6, 6.07) is 150. The van der Waals surface area contributed by atoms with Crippen LogP contribution in [0.3, 0.4) is 0 Å². The van der Waals surface area contributed by atoms with E-state index in [4.69, 9.17) is 34.9 Å². The zero-order chi connectivity index (χ0) is 93.4. The smallest absolute Gasteiger partial charge is 0.164 e. The molecule has 0 saturated carbocycles. The third-order valence-corrected chi connectivity index (χ3v) is 27.2. The number of aromatic nitrogens is 12. The molecular formula is C128H77N13. The van der Waals surface area contributed by atoms with E-state index in [1.54, 1.807) is 0 Å². The second-order valence-electron chi connectivity index (χ2n) is 35.4. The van der Waals surface area contributed by atoms with E-state index in [1.165, 1.54) is 43.1 Å². The lowest BCUT2D eigenvalue weighted by Crippen LogP contribution is -2.00. The number of nitrogens with zero attached hydrogens (tertiary/aromatic N) is 13. The topological polar surface area (TPSA) is 171 Å². The van der Waals surface area contributed by atoms with E-state index >= 15 is 0 Å². The molecule has 10 aromatic heterocycles. The van der Waals surface area contributed by atoms with Crippen molar-refractivity contribution in [3.63, 3.8) is 0 Å². The van der Waals surface area contributed by atoms with Gasteiger partial charge in [0.05, 0.1) is 72.8 Å². The van der Waals surface area contributed by atoms with E-state index in [-0.39, 0.29) is 0 Å². The molecule has 0 unspecified atom stereocenters. The SMILES string of the molecule is N#Cc1ccc2c(c1)c1cc(-c3cccc(-c4nc5ccccc5c5c4ccc4ncc6ccccc6c45)c3)ccc1n2-c1ccccc1.c1cc(-c2cc(-c3ccncc3)cc(-c3ccncc3)c2)cc(-c2nc3ccccc3c3c2ccc2ccc4ncccc4c23)c1.c1ccc(-c2nc(-c3ccccc3)nc(-c3cccc(-c4nc5ccccc5c5c4ccc4ccc6ncccc6c45)c3)n2)cc1. The summed E-state index contributed by atoms with van der Waals surface area (Å²) in [5, 5.41) is 32.7. The molecule has 0 atom stereocenters. The van der Waals surface area contributed by atoms with Crippen molar-refractivity contribution in [3.05, 3.63) is 474 Å². The summed E-state index contributed by atoms with van der Waals surface area (Å²) in [7, 11) is 0. The largest absolute Gasteiger partial charge is 0.309 e. The van der Waals surface area contributed by atoms with Crippen molar-refractivity contribution in [2.75, 3.05) is 0 Å². The predicted octanol–water partition coefficient (Wildman–Crippen LogP) is 31.9. The maximum Gasteiger partial charge on any atom is 0.164 e. The third-order valence-electron chi connectivity index (χ3n) is 27.2. The van der Waals surface area contributed by atoms with Gasteiger partial charge in [0.1, 0.15) is 0 Å². The molecule has 0 aliphatic carbocycles. The summed E-state index contributed by atoms with van der Waals surface area (Å²) in [5.41, 5.74) is 27.5. The number of nitriles is 1. The number of pyridine rings is 8. The lowest BCUT2D eigenvalue weighted by Gasteiger charge is -2.15. The Kier molecular flexibility index (Phi) is 20.3. The highest BCUT2D eigenvalue weighted by molar-refractivity contribution is 6.32. The van der Waals surface area contributed by atoms with Gasteiger partial charge < -0.3 is 4.57 Å². The fraction of sp³-hybridized carbons (Fsp3) is 0. The molecule has 0 aliphatic heterocycles. The van der Waals surface area contributed by atoms with Crippen LogP contribution in [0.2, 0.25) is 0 Å². The van der Waals surface area contributed by atoms with Gasteiger partial charge in [0.15, 0.2) is 17.5 Å². The van der Waals surface area contributed by atoms with Crippen molar-refractivity contribution >= 4 is 152 Å². The molecule has 0 N–H and O–H groups in total. The number of hydrogen-bond acceptors (Lipinski definition) is 12. The molecule has 28 rings (SSSR count). The Labute approximate surface area is 808 Å². The Balaban J connectivity index is 0.000000109. The first-order valence-corrected chi connectivity index (χ1v) is 47.0. The molecule has 0 radical (unpaired) electrons. The first-order valence-electron chi connectivity index (χ1n) is 47.0. The van der Waals surface area contributed by atoms with Crippen LogP contribution in [0.1, 0.15) is 5.56 Å². The van der Waals surface area contributed by atoms with Crippen LogP contribution >= 0.6 is 0 Å². The monoisotopic (exact) mass is 1800 g/mol. The molecule has 13 heteroatoms. The van der Waals surface area contributed by atoms with E-state index < -0.39 is 0 Å². The van der Waals surface area contributed by atoms with Crippen molar-refractivity contribution in [2.24, 2.45) is 0 Å². The van der Waals surface area contributed by atoms with Crippen LogP contribution in [0.4, 0.5) is 0 Å². The molecule has 13 nitrogen and oxygen atoms in total. The molecule has 0 spiro atoms. The number of benzene rings is 18.